The van der Waals surface area contributed by atoms with Crippen molar-refractivity contribution in [2.24, 2.45) is 22.7 Å². The summed E-state index contributed by atoms with van der Waals surface area (Å²) in [6.45, 7) is 11.7. The number of rotatable bonds is 8. The van der Waals surface area contributed by atoms with Gasteiger partial charge in [0.1, 0.15) is 6.10 Å². The van der Waals surface area contributed by atoms with Gasteiger partial charge in [0.2, 0.25) is 5.91 Å². The standard InChI is InChI=1S/C23H39NO6S/c1-16-7-8-18-22(4,12-9-19(25)21(2,3)27)10-6-11-23(18,5)17(16)15-20(26)24-13-14-31(28,29)30/h9,12,17-19,25,27H,1,6-8,10-11,13-15H2,2-5H3,(H,24,26)(H,28,29,30). The minimum Gasteiger partial charge on any atom is -0.387 e. The molecule has 2 rings (SSSR count). The maximum absolute atomic E-state index is 12.5. The Morgan fingerprint density at radius 3 is 2.58 bits per heavy atom. The Kier molecular flexibility index (Phi) is 7.84. The summed E-state index contributed by atoms with van der Waals surface area (Å²) in [7, 11) is -4.11. The average Bonchev–Trinajstić information content (AvgIpc) is 2.61. The molecule has 1 amide bonds. The van der Waals surface area contributed by atoms with E-state index in [-0.39, 0.29) is 35.6 Å². The van der Waals surface area contributed by atoms with Crippen molar-refractivity contribution in [2.75, 3.05) is 12.3 Å². The van der Waals surface area contributed by atoms with Gasteiger partial charge in [-0.15, -0.1) is 0 Å². The summed E-state index contributed by atoms with van der Waals surface area (Å²) in [5.41, 5.74) is -0.478. The second kappa shape index (κ2) is 9.33. The van der Waals surface area contributed by atoms with Crippen LogP contribution in [0.4, 0.5) is 0 Å². The highest BCUT2D eigenvalue weighted by molar-refractivity contribution is 7.85. The van der Waals surface area contributed by atoms with Crippen molar-refractivity contribution in [2.45, 2.75) is 77.9 Å². The van der Waals surface area contributed by atoms with Gasteiger partial charge in [0.25, 0.3) is 10.1 Å². The lowest BCUT2D eigenvalue weighted by Crippen LogP contribution is -2.51. The van der Waals surface area contributed by atoms with Crippen molar-refractivity contribution in [3.05, 3.63) is 24.3 Å². The minimum atomic E-state index is -4.11. The molecule has 0 radical (unpaired) electrons. The van der Waals surface area contributed by atoms with Gasteiger partial charge in [0, 0.05) is 13.0 Å². The Balaban J connectivity index is 2.19. The lowest BCUT2D eigenvalue weighted by molar-refractivity contribution is -0.124. The van der Waals surface area contributed by atoms with Crippen LogP contribution < -0.4 is 5.32 Å². The molecule has 2 saturated carbocycles. The van der Waals surface area contributed by atoms with Crippen LogP contribution >= 0.6 is 0 Å². The number of carbonyl (C=O) groups is 1. The van der Waals surface area contributed by atoms with Gasteiger partial charge < -0.3 is 15.5 Å². The largest absolute Gasteiger partial charge is 0.387 e. The first-order chi connectivity index (χ1) is 14.1. The summed E-state index contributed by atoms with van der Waals surface area (Å²) >= 11 is 0. The molecule has 0 spiro atoms. The van der Waals surface area contributed by atoms with E-state index in [1.165, 1.54) is 0 Å². The second-order valence-electron chi connectivity index (χ2n) is 10.5. The van der Waals surface area contributed by atoms with E-state index >= 15 is 0 Å². The predicted molar refractivity (Wildman–Crippen MR) is 121 cm³/mol. The van der Waals surface area contributed by atoms with Crippen LogP contribution in [0.5, 0.6) is 0 Å². The van der Waals surface area contributed by atoms with Crippen LogP contribution in [0.2, 0.25) is 0 Å². The molecule has 2 fully saturated rings. The number of aliphatic hydroxyl groups excluding tert-OH is 1. The number of nitrogens with one attached hydrogen (secondary N) is 1. The van der Waals surface area contributed by atoms with Crippen LogP contribution in [0.3, 0.4) is 0 Å². The van der Waals surface area contributed by atoms with Crippen LogP contribution in [-0.4, -0.2) is 53.1 Å². The highest BCUT2D eigenvalue weighted by atomic mass is 32.2. The number of aliphatic hydroxyl groups is 2. The highest BCUT2D eigenvalue weighted by Gasteiger charge is 2.54. The third kappa shape index (κ3) is 6.40. The van der Waals surface area contributed by atoms with E-state index in [1.807, 2.05) is 0 Å². The van der Waals surface area contributed by atoms with Crippen LogP contribution in [0.15, 0.2) is 24.3 Å². The van der Waals surface area contributed by atoms with Crippen LogP contribution in [0.25, 0.3) is 0 Å². The second-order valence-corrected chi connectivity index (χ2v) is 12.0. The maximum atomic E-state index is 12.5. The van der Waals surface area contributed by atoms with Crippen molar-refractivity contribution in [3.8, 4) is 0 Å². The van der Waals surface area contributed by atoms with Gasteiger partial charge in [-0.05, 0) is 62.2 Å². The number of amides is 1. The van der Waals surface area contributed by atoms with Crippen molar-refractivity contribution >= 4 is 16.0 Å². The molecule has 4 N–H and O–H groups in total. The molecule has 0 aromatic heterocycles. The molecular weight excluding hydrogens is 418 g/mol. The first-order valence-electron chi connectivity index (χ1n) is 11.1. The van der Waals surface area contributed by atoms with Gasteiger partial charge in [-0.1, -0.05) is 44.6 Å². The first-order valence-corrected chi connectivity index (χ1v) is 12.7. The molecular formula is C23H39NO6S. The monoisotopic (exact) mass is 457 g/mol. The zero-order valence-corrected chi connectivity index (χ0v) is 20.0. The smallest absolute Gasteiger partial charge is 0.266 e. The molecule has 5 unspecified atom stereocenters. The quantitative estimate of drug-likeness (QED) is 0.328. The van der Waals surface area contributed by atoms with E-state index in [0.717, 1.165) is 37.7 Å². The van der Waals surface area contributed by atoms with E-state index in [1.54, 1.807) is 19.9 Å². The van der Waals surface area contributed by atoms with Crippen molar-refractivity contribution in [1.29, 1.82) is 0 Å². The van der Waals surface area contributed by atoms with E-state index in [4.69, 9.17) is 4.55 Å². The van der Waals surface area contributed by atoms with Crippen LogP contribution in [0.1, 0.15) is 66.2 Å². The van der Waals surface area contributed by atoms with E-state index in [0.29, 0.717) is 5.92 Å². The van der Waals surface area contributed by atoms with Crippen LogP contribution in [-0.2, 0) is 14.9 Å². The predicted octanol–water partition coefficient (Wildman–Crippen LogP) is 2.85. The Bertz CT molecular complexity index is 814. The molecule has 0 aromatic carbocycles. The summed E-state index contributed by atoms with van der Waals surface area (Å²) in [5, 5.41) is 23.0. The molecule has 178 valence electrons. The molecule has 7 nitrogen and oxygen atoms in total. The third-order valence-electron chi connectivity index (χ3n) is 7.52. The number of fused-ring (bicyclic) bond motifs is 1. The summed E-state index contributed by atoms with van der Waals surface area (Å²) in [5.74, 6) is -0.474. The topological polar surface area (TPSA) is 124 Å². The van der Waals surface area contributed by atoms with Crippen molar-refractivity contribution < 1.29 is 28.0 Å². The number of carbonyl (C=O) groups excluding carboxylic acids is 1. The molecule has 2 aliphatic carbocycles. The fourth-order valence-corrected chi connectivity index (χ4v) is 6.06. The molecule has 2 aliphatic rings. The Morgan fingerprint density at radius 2 is 2.00 bits per heavy atom. The molecule has 8 heteroatoms. The number of allylic oxidation sites excluding steroid dienone is 2. The van der Waals surface area contributed by atoms with Crippen molar-refractivity contribution in [1.82, 2.24) is 5.32 Å². The zero-order chi connectivity index (χ0) is 23.7. The Labute approximate surface area is 186 Å². The summed E-state index contributed by atoms with van der Waals surface area (Å²) in [4.78, 5) is 12.5. The fourth-order valence-electron chi connectivity index (χ4n) is 5.70. The van der Waals surface area contributed by atoms with Gasteiger partial charge in [-0.25, -0.2) is 0 Å². The lowest BCUT2D eigenvalue weighted by Gasteiger charge is -2.58. The summed E-state index contributed by atoms with van der Waals surface area (Å²) < 4.78 is 30.6. The first kappa shape index (κ1) is 26.0. The van der Waals surface area contributed by atoms with E-state index in [9.17, 15) is 23.4 Å². The highest BCUT2D eigenvalue weighted by Crippen LogP contribution is 2.62. The molecule has 31 heavy (non-hydrogen) atoms. The van der Waals surface area contributed by atoms with Crippen molar-refractivity contribution in [3.63, 3.8) is 0 Å². The maximum Gasteiger partial charge on any atom is 0.266 e. The van der Waals surface area contributed by atoms with E-state index in [2.05, 4.69) is 31.8 Å². The molecule has 0 aliphatic heterocycles. The fraction of sp³-hybridized carbons (Fsp3) is 0.783. The van der Waals surface area contributed by atoms with Gasteiger partial charge in [0.15, 0.2) is 0 Å². The lowest BCUT2D eigenvalue weighted by atomic mass is 9.46. The number of hydrogen-bond donors (Lipinski definition) is 4. The number of hydrogen-bond acceptors (Lipinski definition) is 5. The third-order valence-corrected chi connectivity index (χ3v) is 8.24. The normalized spacial score (nSPS) is 33.2. The van der Waals surface area contributed by atoms with E-state index < -0.39 is 27.6 Å². The zero-order valence-electron chi connectivity index (χ0n) is 19.2. The Morgan fingerprint density at radius 1 is 1.35 bits per heavy atom. The average molecular weight is 458 g/mol. The van der Waals surface area contributed by atoms with Crippen LogP contribution in [0, 0.1) is 22.7 Å². The molecule has 0 bridgehead atoms. The summed E-state index contributed by atoms with van der Waals surface area (Å²) in [6.07, 6.45) is 7.74. The molecule has 5 atom stereocenters. The molecule has 0 aromatic rings. The van der Waals surface area contributed by atoms with Gasteiger partial charge in [-0.2, -0.15) is 8.42 Å². The molecule has 0 saturated heterocycles. The van der Waals surface area contributed by atoms with Gasteiger partial charge in [-0.3, -0.25) is 9.35 Å². The Hall–Kier alpha value is -1.22. The SMILES string of the molecule is C=C1CCC2C(C)(C=CC(O)C(C)(C)O)CCCC2(C)C1CC(=O)NCCS(=O)(=O)O. The summed E-state index contributed by atoms with van der Waals surface area (Å²) in [6, 6.07) is 0. The van der Waals surface area contributed by atoms with Gasteiger partial charge >= 0.3 is 0 Å². The minimum absolute atomic E-state index is 0.0239. The molecule has 0 heterocycles. The van der Waals surface area contributed by atoms with Gasteiger partial charge in [0.05, 0.1) is 11.4 Å².